The van der Waals surface area contributed by atoms with Gasteiger partial charge in [0, 0.05) is 23.4 Å². The molecule has 10 heteroatoms. The van der Waals surface area contributed by atoms with Crippen LogP contribution in [0.25, 0.3) is 6.08 Å². The second kappa shape index (κ2) is 12.2. The smallest absolute Gasteiger partial charge is 0.348 e. The van der Waals surface area contributed by atoms with E-state index in [1.165, 1.54) is 18.2 Å². The molecule has 0 aliphatic rings. The van der Waals surface area contributed by atoms with Crippen LogP contribution in [0.3, 0.4) is 0 Å². The SMILES string of the molecule is CCOC(=O)c1sc(CC(=O)/C(C#N)=C/c2cccc(OCc3ccc([N+](=O)[O-])cc3)c2)c(C#N)c1C. The van der Waals surface area contributed by atoms with Gasteiger partial charge in [-0.2, -0.15) is 10.5 Å². The maximum absolute atomic E-state index is 12.9. The van der Waals surface area contributed by atoms with Gasteiger partial charge in [-0.3, -0.25) is 14.9 Å². The Morgan fingerprint density at radius 1 is 1.16 bits per heavy atom. The molecule has 9 nitrogen and oxygen atoms in total. The molecule has 0 radical (unpaired) electrons. The number of nitro benzene ring substituents is 1. The number of nitrogens with zero attached hydrogens (tertiary/aromatic N) is 3. The molecule has 0 amide bonds. The number of allylic oxidation sites excluding steroid dienone is 1. The number of carbonyl (C=O) groups is 2. The van der Waals surface area contributed by atoms with Crippen LogP contribution in [0.2, 0.25) is 0 Å². The fourth-order valence-corrected chi connectivity index (χ4v) is 4.54. The molecule has 0 saturated carbocycles. The van der Waals surface area contributed by atoms with Gasteiger partial charge in [-0.25, -0.2) is 4.79 Å². The number of carbonyl (C=O) groups excluding carboxylic acids is 2. The average molecular weight is 516 g/mol. The van der Waals surface area contributed by atoms with E-state index in [1.807, 2.05) is 12.1 Å². The molecule has 37 heavy (non-hydrogen) atoms. The van der Waals surface area contributed by atoms with E-state index in [-0.39, 0.29) is 41.3 Å². The molecule has 0 atom stereocenters. The number of esters is 1. The van der Waals surface area contributed by atoms with Gasteiger partial charge in [0.15, 0.2) is 5.78 Å². The van der Waals surface area contributed by atoms with Gasteiger partial charge >= 0.3 is 5.97 Å². The van der Waals surface area contributed by atoms with E-state index in [2.05, 4.69) is 0 Å². The predicted octanol–water partition coefficient (Wildman–Crippen LogP) is 5.31. The number of nitriles is 2. The molecule has 2 aromatic carbocycles. The summed E-state index contributed by atoms with van der Waals surface area (Å²) in [6.07, 6.45) is 1.23. The largest absolute Gasteiger partial charge is 0.489 e. The van der Waals surface area contributed by atoms with Gasteiger partial charge in [-0.15, -0.1) is 11.3 Å². The van der Waals surface area contributed by atoms with Crippen molar-refractivity contribution in [3.8, 4) is 17.9 Å². The molecule has 0 spiro atoms. The van der Waals surface area contributed by atoms with E-state index in [0.29, 0.717) is 21.8 Å². The normalized spacial score (nSPS) is 10.8. The molecule has 0 N–H and O–H groups in total. The van der Waals surface area contributed by atoms with Crippen molar-refractivity contribution in [2.75, 3.05) is 6.61 Å². The van der Waals surface area contributed by atoms with Crippen LogP contribution in [0, 0.1) is 39.7 Å². The van der Waals surface area contributed by atoms with Gasteiger partial charge in [-0.05, 0) is 60.9 Å². The number of rotatable bonds is 10. The van der Waals surface area contributed by atoms with Gasteiger partial charge in [-0.1, -0.05) is 12.1 Å². The summed E-state index contributed by atoms with van der Waals surface area (Å²) in [7, 11) is 0. The Hall–Kier alpha value is -4.80. The lowest BCUT2D eigenvalue weighted by Gasteiger charge is -2.07. The molecule has 186 valence electrons. The maximum Gasteiger partial charge on any atom is 0.348 e. The van der Waals surface area contributed by atoms with Crippen molar-refractivity contribution in [3.05, 3.63) is 96.2 Å². The summed E-state index contributed by atoms with van der Waals surface area (Å²) in [4.78, 5) is 36.1. The Balaban J connectivity index is 1.75. The maximum atomic E-state index is 12.9. The molecule has 0 aliphatic heterocycles. The van der Waals surface area contributed by atoms with Crippen LogP contribution in [0.5, 0.6) is 5.75 Å². The van der Waals surface area contributed by atoms with Crippen molar-refractivity contribution in [2.24, 2.45) is 0 Å². The number of hydrogen-bond donors (Lipinski definition) is 0. The number of hydrogen-bond acceptors (Lipinski definition) is 9. The number of Topliss-reactive ketones (excluding diaryl/α,β-unsaturated/α-hetero) is 1. The second-order valence-corrected chi connectivity index (χ2v) is 8.85. The predicted molar refractivity (Wildman–Crippen MR) is 136 cm³/mol. The van der Waals surface area contributed by atoms with E-state index in [1.54, 1.807) is 50.2 Å². The molecular weight excluding hydrogens is 494 g/mol. The minimum Gasteiger partial charge on any atom is -0.489 e. The average Bonchev–Trinajstić information content (AvgIpc) is 3.21. The minimum atomic E-state index is -0.554. The highest BCUT2D eigenvalue weighted by atomic mass is 32.1. The third-order valence-corrected chi connectivity index (χ3v) is 6.53. The van der Waals surface area contributed by atoms with Crippen LogP contribution in [0.1, 0.15) is 43.7 Å². The molecule has 0 saturated heterocycles. The topological polar surface area (TPSA) is 143 Å². The Morgan fingerprint density at radius 2 is 1.89 bits per heavy atom. The van der Waals surface area contributed by atoms with Crippen molar-refractivity contribution in [1.29, 1.82) is 10.5 Å². The van der Waals surface area contributed by atoms with Gasteiger partial charge < -0.3 is 9.47 Å². The number of ketones is 1. The molecule has 3 rings (SSSR count). The van der Waals surface area contributed by atoms with Crippen LogP contribution in [0.15, 0.2) is 54.1 Å². The monoisotopic (exact) mass is 515 g/mol. The zero-order chi connectivity index (χ0) is 26.9. The molecule has 0 aliphatic carbocycles. The van der Waals surface area contributed by atoms with Crippen LogP contribution in [0.4, 0.5) is 5.69 Å². The standard InChI is InChI=1S/C27H21N3O6S/c1-3-35-27(32)26-17(2)23(15-29)25(37-26)13-24(31)20(14-28)11-19-5-4-6-22(12-19)36-16-18-7-9-21(10-8-18)30(33)34/h4-12H,3,13,16H2,1-2H3/b20-11+. The Bertz CT molecular complexity index is 1460. The lowest BCUT2D eigenvalue weighted by Crippen LogP contribution is -2.05. The van der Waals surface area contributed by atoms with Crippen molar-refractivity contribution in [1.82, 2.24) is 0 Å². The second-order valence-electron chi connectivity index (χ2n) is 7.74. The van der Waals surface area contributed by atoms with E-state index >= 15 is 0 Å². The quantitative estimate of drug-likeness (QED) is 0.116. The molecule has 0 fully saturated rings. The summed E-state index contributed by atoms with van der Waals surface area (Å²) in [5.41, 5.74) is 1.86. The minimum absolute atomic E-state index is 0.0127. The van der Waals surface area contributed by atoms with Gasteiger partial charge in [0.05, 0.1) is 22.7 Å². The van der Waals surface area contributed by atoms with Crippen LogP contribution >= 0.6 is 11.3 Å². The first kappa shape index (κ1) is 26.8. The first-order chi connectivity index (χ1) is 17.8. The summed E-state index contributed by atoms with van der Waals surface area (Å²) in [6.45, 7) is 3.66. The van der Waals surface area contributed by atoms with E-state index in [0.717, 1.165) is 16.9 Å². The third kappa shape index (κ3) is 6.66. The van der Waals surface area contributed by atoms with Crippen molar-refractivity contribution < 1.29 is 24.0 Å². The van der Waals surface area contributed by atoms with Gasteiger partial charge in [0.1, 0.15) is 29.4 Å². The molecule has 3 aromatic rings. The van der Waals surface area contributed by atoms with E-state index in [9.17, 15) is 30.2 Å². The summed E-state index contributed by atoms with van der Waals surface area (Å²) in [5.74, 6) is -0.564. The summed E-state index contributed by atoms with van der Waals surface area (Å²) >= 11 is 1.02. The summed E-state index contributed by atoms with van der Waals surface area (Å²) < 4.78 is 10.8. The fourth-order valence-electron chi connectivity index (χ4n) is 3.39. The molecule has 0 bridgehead atoms. The molecule has 0 unspecified atom stereocenters. The number of nitro groups is 1. The Labute approximate surface area is 216 Å². The third-order valence-electron chi connectivity index (χ3n) is 5.26. The lowest BCUT2D eigenvalue weighted by molar-refractivity contribution is -0.384. The molecule has 1 heterocycles. The number of ether oxygens (including phenoxy) is 2. The first-order valence-corrected chi connectivity index (χ1v) is 11.9. The first-order valence-electron chi connectivity index (χ1n) is 11.1. The highest BCUT2D eigenvalue weighted by Gasteiger charge is 2.23. The Kier molecular flexibility index (Phi) is 8.87. The van der Waals surface area contributed by atoms with Gasteiger partial charge in [0.25, 0.3) is 5.69 Å². The summed E-state index contributed by atoms with van der Waals surface area (Å²) in [5, 5.41) is 29.9. The van der Waals surface area contributed by atoms with Gasteiger partial charge in [0.2, 0.25) is 0 Å². The number of benzene rings is 2. The Morgan fingerprint density at radius 3 is 2.51 bits per heavy atom. The number of thiophene rings is 1. The highest BCUT2D eigenvalue weighted by Crippen LogP contribution is 2.30. The van der Waals surface area contributed by atoms with E-state index in [4.69, 9.17) is 9.47 Å². The zero-order valence-electron chi connectivity index (χ0n) is 20.0. The van der Waals surface area contributed by atoms with Crippen LogP contribution in [-0.4, -0.2) is 23.3 Å². The molecular formula is C27H21N3O6S. The zero-order valence-corrected chi connectivity index (χ0v) is 20.8. The van der Waals surface area contributed by atoms with Crippen LogP contribution < -0.4 is 4.74 Å². The van der Waals surface area contributed by atoms with Crippen molar-refractivity contribution in [3.63, 3.8) is 0 Å². The lowest BCUT2D eigenvalue weighted by atomic mass is 10.0. The van der Waals surface area contributed by atoms with Crippen LogP contribution in [-0.2, 0) is 22.6 Å². The number of non-ortho nitro benzene ring substituents is 1. The van der Waals surface area contributed by atoms with Crippen molar-refractivity contribution >= 4 is 34.9 Å². The summed E-state index contributed by atoms with van der Waals surface area (Å²) in [6, 6.07) is 16.7. The fraction of sp³-hybridized carbons (Fsp3) is 0.185. The van der Waals surface area contributed by atoms with Crippen molar-refractivity contribution in [2.45, 2.75) is 26.9 Å². The van der Waals surface area contributed by atoms with E-state index < -0.39 is 16.7 Å². The molecule has 1 aromatic heterocycles. The highest BCUT2D eigenvalue weighted by molar-refractivity contribution is 7.14.